The molecule has 2 aliphatic rings. The fraction of sp³-hybridized carbons (Fsp3) is 0.526. The van der Waals surface area contributed by atoms with Gasteiger partial charge in [0.25, 0.3) is 0 Å². The molecule has 45 heavy (non-hydrogen) atoms. The lowest BCUT2D eigenvalue weighted by Crippen LogP contribution is -2.44. The largest absolute Gasteiger partial charge is 0.493 e. The number of pyridine rings is 1. The van der Waals surface area contributed by atoms with Crippen LogP contribution in [0.2, 0.25) is 0 Å². The van der Waals surface area contributed by atoms with E-state index < -0.39 is 17.7 Å². The van der Waals surface area contributed by atoms with Crippen molar-refractivity contribution < 1.29 is 23.4 Å². The van der Waals surface area contributed by atoms with E-state index in [0.717, 1.165) is 71.0 Å². The summed E-state index contributed by atoms with van der Waals surface area (Å²) in [6, 6.07) is 14.6. The highest BCUT2D eigenvalue weighted by Gasteiger charge is 2.42. The van der Waals surface area contributed by atoms with Crippen molar-refractivity contribution in [3.63, 3.8) is 0 Å². The summed E-state index contributed by atoms with van der Waals surface area (Å²) in [5.74, 6) is 0.136. The predicted molar refractivity (Wildman–Crippen MR) is 177 cm³/mol. The van der Waals surface area contributed by atoms with Crippen LogP contribution in [0.3, 0.4) is 0 Å². The van der Waals surface area contributed by atoms with Crippen molar-refractivity contribution in [2.45, 2.75) is 105 Å². The topological polar surface area (TPSA) is 60.9 Å². The lowest BCUT2D eigenvalue weighted by Gasteiger charge is -2.49. The summed E-state index contributed by atoms with van der Waals surface area (Å²) >= 11 is 0. The number of rotatable bonds is 10. The maximum atomic E-state index is 13.7. The molecule has 1 saturated carbocycles. The van der Waals surface area contributed by atoms with E-state index in [0.29, 0.717) is 18.4 Å². The Kier molecular flexibility index (Phi) is 9.88. The second-order valence-corrected chi connectivity index (χ2v) is 14.1. The third kappa shape index (κ3) is 7.86. The third-order valence-electron chi connectivity index (χ3n) is 9.15. The molecule has 1 aliphatic carbocycles. The van der Waals surface area contributed by atoms with Crippen molar-refractivity contribution in [3.8, 4) is 16.9 Å². The molecular weight excluding hydrogens is 567 g/mol. The predicted octanol–water partition coefficient (Wildman–Crippen LogP) is 8.70. The summed E-state index contributed by atoms with van der Waals surface area (Å²) in [4.78, 5) is 21.2. The Bertz CT molecular complexity index is 1460. The highest BCUT2D eigenvalue weighted by atomic mass is 19.1. The zero-order valence-corrected chi connectivity index (χ0v) is 28.0. The van der Waals surface area contributed by atoms with E-state index in [9.17, 15) is 9.18 Å². The van der Waals surface area contributed by atoms with Gasteiger partial charge in [0.15, 0.2) is 6.10 Å². The molecule has 6 nitrogen and oxygen atoms in total. The van der Waals surface area contributed by atoms with Crippen LogP contribution in [0.25, 0.3) is 11.1 Å². The molecule has 2 fully saturated rings. The minimum Gasteiger partial charge on any atom is -0.493 e. The van der Waals surface area contributed by atoms with Crippen molar-refractivity contribution in [1.82, 2.24) is 4.98 Å². The first-order chi connectivity index (χ1) is 21.3. The summed E-state index contributed by atoms with van der Waals surface area (Å²) in [6.07, 6.45) is 5.75. The molecule has 2 heterocycles. The molecule has 0 amide bonds. The molecule has 1 unspecified atom stereocenters. The summed E-state index contributed by atoms with van der Waals surface area (Å²) in [5.41, 5.74) is 6.45. The normalized spacial score (nSPS) is 16.9. The van der Waals surface area contributed by atoms with Gasteiger partial charge in [-0.25, -0.2) is 9.18 Å². The van der Waals surface area contributed by atoms with Gasteiger partial charge < -0.3 is 19.1 Å². The smallest absolute Gasteiger partial charge is 0.340 e. The standard InChI is InChI=1S/C38H49FN2O4/c1-25(2)44-36(42)35(45-37(5,6)7)33-27(4)40-26(3)32(34(33)41-22-20-38(21-23-41)18-8-19-38)29-11-15-31(16-12-29)43-24-17-28-9-13-30(39)14-10-28/h9-16,25,35H,8,17-24H2,1-7H3. The number of carbonyl (C=O) groups excluding carboxylic acids is 1. The van der Waals surface area contributed by atoms with Crippen LogP contribution in [-0.4, -0.2) is 42.4 Å². The monoisotopic (exact) mass is 616 g/mol. The minimum atomic E-state index is -0.914. The van der Waals surface area contributed by atoms with Crippen LogP contribution >= 0.6 is 0 Å². The van der Waals surface area contributed by atoms with Crippen molar-refractivity contribution in [2.24, 2.45) is 5.41 Å². The second-order valence-electron chi connectivity index (χ2n) is 14.1. The average molecular weight is 617 g/mol. The van der Waals surface area contributed by atoms with Crippen LogP contribution in [0, 0.1) is 25.1 Å². The number of anilines is 1. The van der Waals surface area contributed by atoms with Gasteiger partial charge in [0.1, 0.15) is 11.6 Å². The van der Waals surface area contributed by atoms with Gasteiger partial charge in [-0.1, -0.05) is 30.7 Å². The Morgan fingerprint density at radius 3 is 2.16 bits per heavy atom. The fourth-order valence-electron chi connectivity index (χ4n) is 6.74. The van der Waals surface area contributed by atoms with Gasteiger partial charge >= 0.3 is 5.97 Å². The summed E-state index contributed by atoms with van der Waals surface area (Å²) < 4.78 is 31.6. The molecule has 7 heteroatoms. The number of nitrogens with zero attached hydrogens (tertiary/aromatic N) is 2. The Morgan fingerprint density at radius 1 is 0.956 bits per heavy atom. The number of aryl methyl sites for hydroxylation is 2. The number of carbonyl (C=O) groups is 1. The van der Waals surface area contributed by atoms with Gasteiger partial charge in [0.2, 0.25) is 0 Å². The first kappa shape index (κ1) is 32.9. The van der Waals surface area contributed by atoms with Crippen molar-refractivity contribution in [1.29, 1.82) is 0 Å². The quantitative estimate of drug-likeness (QED) is 0.212. The molecule has 0 N–H and O–H groups in total. The first-order valence-corrected chi connectivity index (χ1v) is 16.5. The van der Waals surface area contributed by atoms with Crippen molar-refractivity contribution in [3.05, 3.63) is 76.9 Å². The number of piperidine rings is 1. The highest BCUT2D eigenvalue weighted by molar-refractivity contribution is 5.88. The van der Waals surface area contributed by atoms with Crippen LogP contribution in [0.4, 0.5) is 10.1 Å². The van der Waals surface area contributed by atoms with Gasteiger partial charge in [-0.05, 0) is 115 Å². The molecule has 1 aromatic heterocycles. The van der Waals surface area contributed by atoms with Gasteiger partial charge in [-0.3, -0.25) is 4.98 Å². The number of hydrogen-bond donors (Lipinski definition) is 0. The molecule has 1 saturated heterocycles. The minimum absolute atomic E-state index is 0.237. The fourth-order valence-corrected chi connectivity index (χ4v) is 6.74. The molecule has 0 bridgehead atoms. The van der Waals surface area contributed by atoms with Crippen LogP contribution in [0.1, 0.15) is 95.3 Å². The van der Waals surface area contributed by atoms with Crippen LogP contribution in [0.5, 0.6) is 5.75 Å². The number of ether oxygens (including phenoxy) is 3. The number of esters is 1. The zero-order chi connectivity index (χ0) is 32.4. The lowest BCUT2D eigenvalue weighted by molar-refractivity contribution is -0.171. The highest BCUT2D eigenvalue weighted by Crippen LogP contribution is 2.51. The van der Waals surface area contributed by atoms with E-state index >= 15 is 0 Å². The maximum Gasteiger partial charge on any atom is 0.340 e. The van der Waals surface area contributed by atoms with Crippen LogP contribution < -0.4 is 9.64 Å². The first-order valence-electron chi connectivity index (χ1n) is 16.5. The van der Waals surface area contributed by atoms with Crippen LogP contribution in [0.15, 0.2) is 48.5 Å². The van der Waals surface area contributed by atoms with Crippen molar-refractivity contribution >= 4 is 11.7 Å². The number of aromatic nitrogens is 1. The van der Waals surface area contributed by atoms with E-state index in [1.807, 2.05) is 60.6 Å². The van der Waals surface area contributed by atoms with Crippen LogP contribution in [-0.2, 0) is 20.7 Å². The SMILES string of the molecule is Cc1nc(C)c(C(OC(C)(C)C)C(=O)OC(C)C)c(N2CCC3(CCC3)CC2)c1-c1ccc(OCCc2ccc(F)cc2)cc1. The molecule has 242 valence electrons. The van der Waals surface area contributed by atoms with E-state index in [4.69, 9.17) is 19.2 Å². The molecular formula is C38H49FN2O4. The molecule has 5 rings (SSSR count). The van der Waals surface area contributed by atoms with E-state index in [-0.39, 0.29) is 11.9 Å². The van der Waals surface area contributed by atoms with E-state index in [1.165, 1.54) is 31.4 Å². The van der Waals surface area contributed by atoms with Gasteiger partial charge in [0, 0.05) is 42.0 Å². The average Bonchev–Trinajstić information content (AvgIpc) is 2.96. The van der Waals surface area contributed by atoms with E-state index in [1.54, 1.807) is 12.1 Å². The Labute approximate surface area is 268 Å². The Hall–Kier alpha value is -3.45. The number of hydrogen-bond acceptors (Lipinski definition) is 6. The van der Waals surface area contributed by atoms with Gasteiger partial charge in [-0.2, -0.15) is 0 Å². The zero-order valence-electron chi connectivity index (χ0n) is 28.0. The number of halogens is 1. The van der Waals surface area contributed by atoms with Crippen molar-refractivity contribution in [2.75, 3.05) is 24.6 Å². The molecule has 3 aromatic rings. The molecule has 1 atom stereocenters. The second kappa shape index (κ2) is 13.5. The molecule has 2 aromatic carbocycles. The van der Waals surface area contributed by atoms with Gasteiger partial charge in [-0.15, -0.1) is 0 Å². The summed E-state index contributed by atoms with van der Waals surface area (Å²) in [6.45, 7) is 16.0. The summed E-state index contributed by atoms with van der Waals surface area (Å²) in [7, 11) is 0. The Morgan fingerprint density at radius 2 is 1.60 bits per heavy atom. The molecule has 0 radical (unpaired) electrons. The van der Waals surface area contributed by atoms with E-state index in [2.05, 4.69) is 17.0 Å². The number of benzene rings is 2. The summed E-state index contributed by atoms with van der Waals surface area (Å²) in [5, 5.41) is 0. The van der Waals surface area contributed by atoms with Gasteiger partial charge in [0.05, 0.1) is 24.0 Å². The Balaban J connectivity index is 1.52. The molecule has 1 aliphatic heterocycles. The third-order valence-corrected chi connectivity index (χ3v) is 9.15. The molecule has 1 spiro atoms. The maximum absolute atomic E-state index is 13.7. The lowest BCUT2D eigenvalue weighted by atomic mass is 9.63.